The molecule has 2 aromatic carbocycles. The highest BCUT2D eigenvalue weighted by Gasteiger charge is 1.99. The van der Waals surface area contributed by atoms with E-state index in [2.05, 4.69) is 22.1 Å². The molecule has 3 heteroatoms. The van der Waals surface area contributed by atoms with E-state index in [-0.39, 0.29) is 0 Å². The van der Waals surface area contributed by atoms with Crippen molar-refractivity contribution >= 4 is 22.8 Å². The molecular formula is C16H14N2O. The maximum Gasteiger partial charge on any atom is 0.121 e. The van der Waals surface area contributed by atoms with Gasteiger partial charge in [-0.1, -0.05) is 24.3 Å². The fourth-order valence-corrected chi connectivity index (χ4v) is 2.04. The summed E-state index contributed by atoms with van der Waals surface area (Å²) in [4.78, 5) is 7.71. The van der Waals surface area contributed by atoms with Gasteiger partial charge in [0.25, 0.3) is 0 Å². The van der Waals surface area contributed by atoms with E-state index in [1.54, 1.807) is 7.11 Å². The molecule has 3 nitrogen and oxygen atoms in total. The van der Waals surface area contributed by atoms with E-state index in [1.807, 2.05) is 48.8 Å². The van der Waals surface area contributed by atoms with Crippen LogP contribution in [-0.4, -0.2) is 18.3 Å². The lowest BCUT2D eigenvalue weighted by molar-refractivity contribution is 0.415. The first kappa shape index (κ1) is 11.5. The van der Waals surface area contributed by atoms with Gasteiger partial charge in [-0.15, -0.1) is 0 Å². The Labute approximate surface area is 111 Å². The Morgan fingerprint density at radius 3 is 2.89 bits per heavy atom. The number of rotatable bonds is 3. The molecule has 0 aliphatic carbocycles. The molecular weight excluding hydrogens is 236 g/mol. The summed E-state index contributed by atoms with van der Waals surface area (Å²) in [6.07, 6.45) is 3.84. The fraction of sp³-hybridized carbons (Fsp3) is 0.0625. The van der Waals surface area contributed by atoms with Gasteiger partial charge in [-0.3, -0.25) is 4.99 Å². The number of para-hydroxylation sites is 1. The molecule has 0 unspecified atom stereocenters. The molecule has 94 valence electrons. The highest BCUT2D eigenvalue weighted by Crippen LogP contribution is 2.21. The molecule has 0 aliphatic heterocycles. The van der Waals surface area contributed by atoms with Crippen molar-refractivity contribution in [2.45, 2.75) is 0 Å². The molecule has 0 aliphatic rings. The number of benzene rings is 2. The second kappa shape index (κ2) is 4.98. The first-order valence-corrected chi connectivity index (χ1v) is 6.11. The predicted molar refractivity (Wildman–Crippen MR) is 78.5 cm³/mol. The van der Waals surface area contributed by atoms with E-state index >= 15 is 0 Å². The third-order valence-electron chi connectivity index (χ3n) is 3.03. The Bertz CT molecular complexity index is 728. The van der Waals surface area contributed by atoms with Crippen molar-refractivity contribution in [1.29, 1.82) is 0 Å². The third-order valence-corrected chi connectivity index (χ3v) is 3.03. The molecule has 0 bridgehead atoms. The van der Waals surface area contributed by atoms with Crippen LogP contribution in [0.2, 0.25) is 0 Å². The van der Waals surface area contributed by atoms with Crippen molar-refractivity contribution in [2.75, 3.05) is 7.11 Å². The number of H-pyrrole nitrogens is 1. The lowest BCUT2D eigenvalue weighted by Gasteiger charge is -1.99. The molecule has 0 saturated carbocycles. The van der Waals surface area contributed by atoms with Gasteiger partial charge in [-0.25, -0.2) is 0 Å². The second-order valence-corrected chi connectivity index (χ2v) is 4.25. The smallest absolute Gasteiger partial charge is 0.121 e. The average molecular weight is 250 g/mol. The zero-order chi connectivity index (χ0) is 13.1. The van der Waals surface area contributed by atoms with E-state index in [9.17, 15) is 0 Å². The minimum Gasteiger partial charge on any atom is -0.497 e. The highest BCUT2D eigenvalue weighted by atomic mass is 16.5. The van der Waals surface area contributed by atoms with Crippen LogP contribution in [-0.2, 0) is 0 Å². The normalized spacial score (nSPS) is 11.2. The van der Waals surface area contributed by atoms with Crippen LogP contribution in [0.25, 0.3) is 10.9 Å². The number of ether oxygens (including phenoxy) is 1. The third kappa shape index (κ3) is 2.36. The number of aliphatic imine (C=N–C) groups is 1. The molecule has 0 amide bonds. The number of hydrogen-bond donors (Lipinski definition) is 1. The first-order valence-electron chi connectivity index (χ1n) is 6.11. The fourth-order valence-electron chi connectivity index (χ4n) is 2.04. The number of nitrogens with zero attached hydrogens (tertiary/aromatic N) is 1. The van der Waals surface area contributed by atoms with Crippen LogP contribution >= 0.6 is 0 Å². The molecule has 3 rings (SSSR count). The van der Waals surface area contributed by atoms with Crippen LogP contribution in [0, 0.1) is 0 Å². The van der Waals surface area contributed by atoms with Gasteiger partial charge in [0.2, 0.25) is 0 Å². The highest BCUT2D eigenvalue weighted by molar-refractivity contribution is 5.99. The molecule has 0 spiro atoms. The van der Waals surface area contributed by atoms with Crippen molar-refractivity contribution in [3.05, 3.63) is 60.3 Å². The molecule has 1 N–H and O–H groups in total. The lowest BCUT2D eigenvalue weighted by atomic mass is 10.2. The summed E-state index contributed by atoms with van der Waals surface area (Å²) < 4.78 is 5.18. The van der Waals surface area contributed by atoms with E-state index in [4.69, 9.17) is 4.74 Å². The number of fused-ring (bicyclic) bond motifs is 1. The van der Waals surface area contributed by atoms with Gasteiger partial charge in [0.05, 0.1) is 12.8 Å². The Kier molecular flexibility index (Phi) is 3.02. The number of hydrogen-bond acceptors (Lipinski definition) is 2. The standard InChI is InChI=1S/C16H14N2O/c1-19-14-6-4-5-13(9-14)17-10-12-11-18-16-8-3-2-7-15(12)16/h2-11,18H,1H3. The summed E-state index contributed by atoms with van der Waals surface area (Å²) in [6.45, 7) is 0. The number of aromatic nitrogens is 1. The summed E-state index contributed by atoms with van der Waals surface area (Å²) in [6, 6.07) is 15.9. The number of methoxy groups -OCH3 is 1. The minimum absolute atomic E-state index is 0.813. The monoisotopic (exact) mass is 250 g/mol. The van der Waals surface area contributed by atoms with Crippen LogP contribution in [0.1, 0.15) is 5.56 Å². The van der Waals surface area contributed by atoms with Crippen LogP contribution in [0.4, 0.5) is 5.69 Å². The van der Waals surface area contributed by atoms with E-state index in [1.165, 1.54) is 5.39 Å². The summed E-state index contributed by atoms with van der Waals surface area (Å²) in [7, 11) is 1.66. The maximum atomic E-state index is 5.18. The summed E-state index contributed by atoms with van der Waals surface area (Å²) in [5, 5.41) is 1.18. The lowest BCUT2D eigenvalue weighted by Crippen LogP contribution is -1.81. The Morgan fingerprint density at radius 1 is 1.11 bits per heavy atom. The van der Waals surface area contributed by atoms with Gasteiger partial charge >= 0.3 is 0 Å². The number of aromatic amines is 1. The van der Waals surface area contributed by atoms with E-state index < -0.39 is 0 Å². The Morgan fingerprint density at radius 2 is 2.00 bits per heavy atom. The first-order chi connectivity index (χ1) is 9.36. The molecule has 3 aromatic rings. The Hall–Kier alpha value is -2.55. The van der Waals surface area contributed by atoms with Crippen molar-refractivity contribution in [3.8, 4) is 5.75 Å². The number of nitrogens with one attached hydrogen (secondary N) is 1. The summed E-state index contributed by atoms with van der Waals surface area (Å²) in [5.41, 5.74) is 3.08. The Balaban J connectivity index is 1.93. The van der Waals surface area contributed by atoms with E-state index in [0.29, 0.717) is 0 Å². The minimum atomic E-state index is 0.813. The molecule has 0 atom stereocenters. The molecule has 1 aromatic heterocycles. The van der Waals surface area contributed by atoms with E-state index in [0.717, 1.165) is 22.5 Å². The van der Waals surface area contributed by atoms with Gasteiger partial charge in [0, 0.05) is 34.9 Å². The topological polar surface area (TPSA) is 37.4 Å². The van der Waals surface area contributed by atoms with Gasteiger partial charge in [0.1, 0.15) is 5.75 Å². The summed E-state index contributed by atoms with van der Waals surface area (Å²) in [5.74, 6) is 0.813. The average Bonchev–Trinajstić information content (AvgIpc) is 2.89. The van der Waals surface area contributed by atoms with Gasteiger partial charge < -0.3 is 9.72 Å². The zero-order valence-corrected chi connectivity index (χ0v) is 10.6. The van der Waals surface area contributed by atoms with Crippen molar-refractivity contribution < 1.29 is 4.74 Å². The maximum absolute atomic E-state index is 5.18. The predicted octanol–water partition coefficient (Wildman–Crippen LogP) is 3.93. The van der Waals surface area contributed by atoms with Crippen LogP contribution in [0.3, 0.4) is 0 Å². The van der Waals surface area contributed by atoms with Gasteiger partial charge in [0.15, 0.2) is 0 Å². The van der Waals surface area contributed by atoms with Crippen LogP contribution in [0.15, 0.2) is 59.7 Å². The molecule has 0 fully saturated rings. The van der Waals surface area contributed by atoms with Crippen molar-refractivity contribution in [3.63, 3.8) is 0 Å². The van der Waals surface area contributed by atoms with Gasteiger partial charge in [-0.05, 0) is 18.2 Å². The summed E-state index contributed by atoms with van der Waals surface area (Å²) >= 11 is 0. The van der Waals surface area contributed by atoms with Crippen LogP contribution in [0.5, 0.6) is 5.75 Å². The van der Waals surface area contributed by atoms with Crippen LogP contribution < -0.4 is 4.74 Å². The molecule has 1 heterocycles. The largest absolute Gasteiger partial charge is 0.497 e. The molecule has 0 saturated heterocycles. The van der Waals surface area contributed by atoms with Gasteiger partial charge in [-0.2, -0.15) is 0 Å². The van der Waals surface area contributed by atoms with Crippen molar-refractivity contribution in [2.24, 2.45) is 4.99 Å². The quantitative estimate of drug-likeness (QED) is 0.703. The zero-order valence-electron chi connectivity index (χ0n) is 10.6. The van der Waals surface area contributed by atoms with Crippen molar-refractivity contribution in [1.82, 2.24) is 4.98 Å². The second-order valence-electron chi connectivity index (χ2n) is 4.25. The molecule has 0 radical (unpaired) electrons. The SMILES string of the molecule is COc1cccc(N=Cc2c[nH]c3ccccc23)c1. The molecule has 19 heavy (non-hydrogen) atoms.